The molecule has 0 amide bonds. The molecule has 1 aromatic heterocycles. The Bertz CT molecular complexity index is 418. The Kier molecular flexibility index (Phi) is 6.01. The SMILES string of the molecule is COc1ccc(NC(=S)NCCCN2CCCC2)cn1. The molecule has 0 radical (unpaired) electrons. The number of thiocarbonyl (C=S) groups is 1. The molecule has 1 saturated heterocycles. The molecule has 5 nitrogen and oxygen atoms in total. The van der Waals surface area contributed by atoms with Gasteiger partial charge in [0.15, 0.2) is 5.11 Å². The van der Waals surface area contributed by atoms with Gasteiger partial charge in [-0.1, -0.05) is 0 Å². The average Bonchev–Trinajstić information content (AvgIpc) is 2.98. The molecule has 1 aliphatic heterocycles. The van der Waals surface area contributed by atoms with Gasteiger partial charge < -0.3 is 20.3 Å². The maximum atomic E-state index is 5.25. The van der Waals surface area contributed by atoms with Crippen LogP contribution < -0.4 is 15.4 Å². The van der Waals surface area contributed by atoms with Crippen molar-refractivity contribution >= 4 is 23.0 Å². The van der Waals surface area contributed by atoms with Crippen LogP contribution in [0.3, 0.4) is 0 Å². The molecule has 0 spiro atoms. The van der Waals surface area contributed by atoms with E-state index in [4.69, 9.17) is 17.0 Å². The molecule has 0 aromatic carbocycles. The van der Waals surface area contributed by atoms with Crippen LogP contribution in [-0.2, 0) is 0 Å². The highest BCUT2D eigenvalue weighted by atomic mass is 32.1. The van der Waals surface area contributed by atoms with Crippen molar-refractivity contribution in [1.29, 1.82) is 0 Å². The first-order valence-corrected chi connectivity index (χ1v) is 7.46. The molecule has 0 atom stereocenters. The van der Waals surface area contributed by atoms with Crippen LogP contribution in [0.1, 0.15) is 19.3 Å². The maximum Gasteiger partial charge on any atom is 0.213 e. The zero-order valence-corrected chi connectivity index (χ0v) is 12.7. The third kappa shape index (κ3) is 4.94. The van der Waals surface area contributed by atoms with Gasteiger partial charge in [0.1, 0.15) is 0 Å². The highest BCUT2D eigenvalue weighted by Gasteiger charge is 2.10. The van der Waals surface area contributed by atoms with Crippen LogP contribution in [0.25, 0.3) is 0 Å². The van der Waals surface area contributed by atoms with Gasteiger partial charge in [0, 0.05) is 12.6 Å². The zero-order chi connectivity index (χ0) is 14.2. The molecule has 20 heavy (non-hydrogen) atoms. The van der Waals surface area contributed by atoms with Crippen molar-refractivity contribution in [2.75, 3.05) is 38.6 Å². The lowest BCUT2D eigenvalue weighted by Crippen LogP contribution is -2.31. The summed E-state index contributed by atoms with van der Waals surface area (Å²) in [6, 6.07) is 3.70. The number of hydrogen-bond donors (Lipinski definition) is 2. The lowest BCUT2D eigenvalue weighted by molar-refractivity contribution is 0.334. The van der Waals surface area contributed by atoms with Crippen LogP contribution in [-0.4, -0.2) is 48.3 Å². The zero-order valence-electron chi connectivity index (χ0n) is 11.9. The van der Waals surface area contributed by atoms with Crippen molar-refractivity contribution in [1.82, 2.24) is 15.2 Å². The summed E-state index contributed by atoms with van der Waals surface area (Å²) in [5.41, 5.74) is 0.864. The molecule has 6 heteroatoms. The van der Waals surface area contributed by atoms with E-state index in [1.165, 1.54) is 25.9 Å². The lowest BCUT2D eigenvalue weighted by Gasteiger charge is -2.15. The predicted molar refractivity (Wildman–Crippen MR) is 85.3 cm³/mol. The van der Waals surface area contributed by atoms with Gasteiger partial charge in [0.2, 0.25) is 5.88 Å². The van der Waals surface area contributed by atoms with E-state index in [9.17, 15) is 0 Å². The van der Waals surface area contributed by atoms with Crippen LogP contribution >= 0.6 is 12.2 Å². The number of nitrogens with one attached hydrogen (secondary N) is 2. The average molecular weight is 294 g/mol. The van der Waals surface area contributed by atoms with Crippen LogP contribution in [0.15, 0.2) is 18.3 Å². The smallest absolute Gasteiger partial charge is 0.213 e. The highest BCUT2D eigenvalue weighted by molar-refractivity contribution is 7.80. The predicted octanol–water partition coefficient (Wildman–Crippen LogP) is 1.86. The molecular formula is C14H22N4OS. The summed E-state index contributed by atoms with van der Waals surface area (Å²) in [5.74, 6) is 0.597. The quantitative estimate of drug-likeness (QED) is 0.617. The van der Waals surface area contributed by atoms with Gasteiger partial charge in [-0.2, -0.15) is 0 Å². The molecule has 0 bridgehead atoms. The minimum absolute atomic E-state index is 0.597. The third-order valence-corrected chi connectivity index (χ3v) is 3.59. The normalized spacial score (nSPS) is 15.1. The number of methoxy groups -OCH3 is 1. The Hall–Kier alpha value is -1.40. The summed E-state index contributed by atoms with van der Waals surface area (Å²) in [7, 11) is 1.60. The molecule has 110 valence electrons. The van der Waals surface area contributed by atoms with Crippen molar-refractivity contribution < 1.29 is 4.74 Å². The molecule has 1 aromatic rings. The van der Waals surface area contributed by atoms with E-state index < -0.39 is 0 Å². The van der Waals surface area contributed by atoms with Crippen molar-refractivity contribution in [2.24, 2.45) is 0 Å². The summed E-state index contributed by atoms with van der Waals surface area (Å²) in [6.45, 7) is 4.55. The first kappa shape index (κ1) is 15.0. The highest BCUT2D eigenvalue weighted by Crippen LogP contribution is 2.10. The summed E-state index contributed by atoms with van der Waals surface area (Å²) >= 11 is 5.25. The first-order valence-electron chi connectivity index (χ1n) is 7.05. The Morgan fingerprint density at radius 2 is 2.20 bits per heavy atom. The van der Waals surface area contributed by atoms with Gasteiger partial charge in [-0.3, -0.25) is 0 Å². The van der Waals surface area contributed by atoms with E-state index in [0.717, 1.165) is 25.2 Å². The van der Waals surface area contributed by atoms with Crippen LogP contribution in [0.2, 0.25) is 0 Å². The van der Waals surface area contributed by atoms with Crippen molar-refractivity contribution in [3.63, 3.8) is 0 Å². The van der Waals surface area contributed by atoms with Crippen molar-refractivity contribution in [2.45, 2.75) is 19.3 Å². The second kappa shape index (κ2) is 8.01. The van der Waals surface area contributed by atoms with E-state index >= 15 is 0 Å². The van der Waals surface area contributed by atoms with Gasteiger partial charge in [0.05, 0.1) is 19.0 Å². The fourth-order valence-electron chi connectivity index (χ4n) is 2.26. The number of rotatable bonds is 6. The Balaban J connectivity index is 1.61. The van der Waals surface area contributed by atoms with Gasteiger partial charge in [0.25, 0.3) is 0 Å². The van der Waals surface area contributed by atoms with E-state index in [1.807, 2.05) is 6.07 Å². The van der Waals surface area contributed by atoms with E-state index in [0.29, 0.717) is 11.0 Å². The molecule has 0 saturated carbocycles. The fourth-order valence-corrected chi connectivity index (χ4v) is 2.48. The van der Waals surface area contributed by atoms with Gasteiger partial charge in [-0.05, 0) is 57.2 Å². The lowest BCUT2D eigenvalue weighted by atomic mass is 10.4. The van der Waals surface area contributed by atoms with Crippen molar-refractivity contribution in [3.8, 4) is 5.88 Å². The van der Waals surface area contributed by atoms with Crippen LogP contribution in [0, 0.1) is 0 Å². The molecule has 2 rings (SSSR count). The Labute approximate surface area is 125 Å². The molecule has 1 aliphatic rings. The van der Waals surface area contributed by atoms with Gasteiger partial charge in [-0.25, -0.2) is 4.98 Å². The molecule has 0 unspecified atom stereocenters. The third-order valence-electron chi connectivity index (χ3n) is 3.34. The number of nitrogens with zero attached hydrogens (tertiary/aromatic N) is 2. The van der Waals surface area contributed by atoms with Gasteiger partial charge >= 0.3 is 0 Å². The number of pyridine rings is 1. The topological polar surface area (TPSA) is 49.4 Å². The van der Waals surface area contributed by atoms with E-state index in [-0.39, 0.29) is 0 Å². The largest absolute Gasteiger partial charge is 0.481 e. The summed E-state index contributed by atoms with van der Waals surface area (Å²) in [6.07, 6.45) is 5.51. The molecular weight excluding hydrogens is 272 g/mol. The molecule has 0 aliphatic carbocycles. The monoisotopic (exact) mass is 294 g/mol. The minimum atomic E-state index is 0.597. The Morgan fingerprint density at radius 3 is 2.85 bits per heavy atom. The van der Waals surface area contributed by atoms with Gasteiger partial charge in [-0.15, -0.1) is 0 Å². The number of likely N-dealkylation sites (tertiary alicyclic amines) is 1. The summed E-state index contributed by atoms with van der Waals surface area (Å²) in [4.78, 5) is 6.63. The Morgan fingerprint density at radius 1 is 1.40 bits per heavy atom. The molecule has 2 heterocycles. The summed E-state index contributed by atoms with van der Waals surface area (Å²) < 4.78 is 5.01. The summed E-state index contributed by atoms with van der Waals surface area (Å²) in [5, 5.41) is 6.97. The minimum Gasteiger partial charge on any atom is -0.481 e. The maximum absolute atomic E-state index is 5.25. The van der Waals surface area contributed by atoms with E-state index in [2.05, 4.69) is 20.5 Å². The number of ether oxygens (including phenoxy) is 1. The second-order valence-corrected chi connectivity index (χ2v) is 5.28. The molecule has 2 N–H and O–H groups in total. The van der Waals surface area contributed by atoms with Crippen molar-refractivity contribution in [3.05, 3.63) is 18.3 Å². The van der Waals surface area contributed by atoms with Crippen LogP contribution in [0.5, 0.6) is 5.88 Å². The number of anilines is 1. The number of hydrogen-bond acceptors (Lipinski definition) is 4. The van der Waals surface area contributed by atoms with E-state index in [1.54, 1.807) is 19.4 Å². The standard InChI is InChI=1S/C14H22N4OS/c1-19-13-6-5-12(11-16-13)17-14(20)15-7-4-10-18-8-2-3-9-18/h5-6,11H,2-4,7-10H2,1H3,(H2,15,17,20). The first-order chi connectivity index (χ1) is 9.78. The molecule has 1 fully saturated rings. The second-order valence-electron chi connectivity index (χ2n) is 4.87. The number of aromatic nitrogens is 1. The van der Waals surface area contributed by atoms with Crippen LogP contribution in [0.4, 0.5) is 5.69 Å². The fraction of sp³-hybridized carbons (Fsp3) is 0.571.